The van der Waals surface area contributed by atoms with Crippen LogP contribution < -0.4 is 14.8 Å². The van der Waals surface area contributed by atoms with Gasteiger partial charge in [-0.25, -0.2) is 0 Å². The number of rotatable bonds is 7. The van der Waals surface area contributed by atoms with Gasteiger partial charge in [-0.3, -0.25) is 4.98 Å². The number of aromatic nitrogens is 1. The molecule has 1 rings (SSSR count). The number of nitrogens with zero attached hydrogens (tertiary/aromatic N) is 1. The van der Waals surface area contributed by atoms with Gasteiger partial charge in [0.05, 0.1) is 19.9 Å². The summed E-state index contributed by atoms with van der Waals surface area (Å²) in [4.78, 5) is 4.33. The average Bonchev–Trinajstić information content (AvgIpc) is 2.39. The zero-order chi connectivity index (χ0) is 12.7. The lowest BCUT2D eigenvalue weighted by molar-refractivity contribution is 0.346. The number of hydrogen-bond acceptors (Lipinski definition) is 4. The predicted octanol–water partition coefficient (Wildman–Crippen LogP) is 2.38. The fraction of sp³-hybridized carbons (Fsp3) is 0.615. The van der Waals surface area contributed by atoms with Gasteiger partial charge in [-0.15, -0.1) is 0 Å². The van der Waals surface area contributed by atoms with Crippen LogP contribution in [0.2, 0.25) is 0 Å². The SMILES string of the molecule is CCC(CC)NCc1nccc(OC)c1OC. The first kappa shape index (κ1) is 13.8. The van der Waals surface area contributed by atoms with E-state index in [2.05, 4.69) is 24.1 Å². The van der Waals surface area contributed by atoms with Gasteiger partial charge in [0.25, 0.3) is 0 Å². The molecule has 4 heteroatoms. The zero-order valence-corrected chi connectivity index (χ0v) is 11.1. The average molecular weight is 238 g/mol. The molecule has 4 nitrogen and oxygen atoms in total. The first-order valence-electron chi connectivity index (χ1n) is 6.06. The fourth-order valence-electron chi connectivity index (χ4n) is 1.79. The van der Waals surface area contributed by atoms with Gasteiger partial charge < -0.3 is 14.8 Å². The van der Waals surface area contributed by atoms with Gasteiger partial charge in [0.2, 0.25) is 0 Å². The van der Waals surface area contributed by atoms with E-state index in [1.807, 2.05) is 0 Å². The second-order valence-electron chi connectivity index (χ2n) is 3.89. The molecule has 96 valence electrons. The van der Waals surface area contributed by atoms with Crippen molar-refractivity contribution < 1.29 is 9.47 Å². The number of pyridine rings is 1. The monoisotopic (exact) mass is 238 g/mol. The molecule has 17 heavy (non-hydrogen) atoms. The Morgan fingerprint density at radius 3 is 2.47 bits per heavy atom. The van der Waals surface area contributed by atoms with E-state index >= 15 is 0 Å². The maximum atomic E-state index is 5.34. The van der Waals surface area contributed by atoms with Gasteiger partial charge in [0.1, 0.15) is 0 Å². The molecule has 1 N–H and O–H groups in total. The summed E-state index contributed by atoms with van der Waals surface area (Å²) in [6, 6.07) is 2.33. The lowest BCUT2D eigenvalue weighted by Gasteiger charge is -2.16. The van der Waals surface area contributed by atoms with Gasteiger partial charge >= 0.3 is 0 Å². The van der Waals surface area contributed by atoms with Crippen molar-refractivity contribution in [2.24, 2.45) is 0 Å². The van der Waals surface area contributed by atoms with Crippen LogP contribution in [-0.2, 0) is 6.54 Å². The Labute approximate surface area is 103 Å². The van der Waals surface area contributed by atoms with Crippen LogP contribution >= 0.6 is 0 Å². The van der Waals surface area contributed by atoms with Crippen LogP contribution in [0.1, 0.15) is 32.4 Å². The molecule has 0 radical (unpaired) electrons. The van der Waals surface area contributed by atoms with Crippen molar-refractivity contribution in [1.82, 2.24) is 10.3 Å². The Balaban J connectivity index is 2.76. The van der Waals surface area contributed by atoms with Crippen LogP contribution in [0.25, 0.3) is 0 Å². The minimum atomic E-state index is 0.521. The number of nitrogens with one attached hydrogen (secondary N) is 1. The van der Waals surface area contributed by atoms with Crippen molar-refractivity contribution in [3.05, 3.63) is 18.0 Å². The third-order valence-corrected chi connectivity index (χ3v) is 2.91. The van der Waals surface area contributed by atoms with Crippen LogP contribution in [0.3, 0.4) is 0 Å². The molecule has 0 saturated carbocycles. The molecule has 0 saturated heterocycles. The van der Waals surface area contributed by atoms with Crippen molar-refractivity contribution in [2.75, 3.05) is 14.2 Å². The standard InChI is InChI=1S/C13H22N2O2/c1-5-10(6-2)15-9-11-13(17-4)12(16-3)7-8-14-11/h7-8,10,15H,5-6,9H2,1-4H3. The summed E-state index contributed by atoms with van der Waals surface area (Å²) in [5, 5.41) is 3.46. The van der Waals surface area contributed by atoms with Gasteiger partial charge in [-0.05, 0) is 12.8 Å². The highest BCUT2D eigenvalue weighted by Crippen LogP contribution is 2.28. The third-order valence-electron chi connectivity index (χ3n) is 2.91. The maximum Gasteiger partial charge on any atom is 0.183 e. The third kappa shape index (κ3) is 3.60. The molecule has 0 unspecified atom stereocenters. The predicted molar refractivity (Wildman–Crippen MR) is 68.6 cm³/mol. The highest BCUT2D eigenvalue weighted by molar-refractivity contribution is 5.42. The topological polar surface area (TPSA) is 43.4 Å². The molecular formula is C13H22N2O2. The van der Waals surface area contributed by atoms with Crippen molar-refractivity contribution in [3.63, 3.8) is 0 Å². The molecule has 0 spiro atoms. The summed E-state index contributed by atoms with van der Waals surface area (Å²) < 4.78 is 10.6. The van der Waals surface area contributed by atoms with Gasteiger partial charge in [0.15, 0.2) is 11.5 Å². The molecule has 0 atom stereocenters. The molecule has 0 fully saturated rings. The highest BCUT2D eigenvalue weighted by Gasteiger charge is 2.11. The van der Waals surface area contributed by atoms with Crippen molar-refractivity contribution in [1.29, 1.82) is 0 Å². The van der Waals surface area contributed by atoms with E-state index in [0.29, 0.717) is 18.3 Å². The molecule has 0 aliphatic rings. The van der Waals surface area contributed by atoms with Gasteiger partial charge in [-0.2, -0.15) is 0 Å². The lowest BCUT2D eigenvalue weighted by Crippen LogP contribution is -2.27. The molecular weight excluding hydrogens is 216 g/mol. The Kier molecular flexibility index (Phi) is 5.77. The van der Waals surface area contributed by atoms with Crippen LogP contribution in [0.4, 0.5) is 0 Å². The summed E-state index contributed by atoms with van der Waals surface area (Å²) >= 11 is 0. The highest BCUT2D eigenvalue weighted by atomic mass is 16.5. The Morgan fingerprint density at radius 2 is 1.94 bits per heavy atom. The number of hydrogen-bond donors (Lipinski definition) is 1. The van der Waals surface area contributed by atoms with Crippen LogP contribution in [0.15, 0.2) is 12.3 Å². The zero-order valence-electron chi connectivity index (χ0n) is 11.1. The van der Waals surface area contributed by atoms with E-state index in [-0.39, 0.29) is 0 Å². The van der Waals surface area contributed by atoms with Gasteiger partial charge in [-0.1, -0.05) is 13.8 Å². The van der Waals surface area contributed by atoms with Crippen LogP contribution in [0, 0.1) is 0 Å². The Hall–Kier alpha value is -1.29. The quantitative estimate of drug-likeness (QED) is 0.792. The summed E-state index contributed by atoms with van der Waals surface area (Å²) in [5.74, 6) is 1.44. The van der Waals surface area contributed by atoms with E-state index < -0.39 is 0 Å². The summed E-state index contributed by atoms with van der Waals surface area (Å²) in [5.41, 5.74) is 0.888. The lowest BCUT2D eigenvalue weighted by atomic mass is 10.1. The van der Waals surface area contributed by atoms with E-state index in [0.717, 1.165) is 24.3 Å². The second-order valence-corrected chi connectivity index (χ2v) is 3.89. The molecule has 1 aromatic rings. The number of methoxy groups -OCH3 is 2. The van der Waals surface area contributed by atoms with Gasteiger partial charge in [0, 0.05) is 24.8 Å². The van der Waals surface area contributed by atoms with E-state index in [4.69, 9.17) is 9.47 Å². The normalized spacial score (nSPS) is 10.6. The molecule has 1 aromatic heterocycles. The smallest absolute Gasteiger partial charge is 0.183 e. The van der Waals surface area contributed by atoms with E-state index in [1.165, 1.54) is 0 Å². The molecule has 1 heterocycles. The van der Waals surface area contributed by atoms with Crippen LogP contribution in [-0.4, -0.2) is 25.2 Å². The van der Waals surface area contributed by atoms with E-state index in [1.54, 1.807) is 26.5 Å². The minimum Gasteiger partial charge on any atom is -0.493 e. The van der Waals surface area contributed by atoms with E-state index in [9.17, 15) is 0 Å². The largest absolute Gasteiger partial charge is 0.493 e. The first-order valence-corrected chi connectivity index (χ1v) is 6.06. The fourth-order valence-corrected chi connectivity index (χ4v) is 1.79. The molecule has 0 aliphatic carbocycles. The Morgan fingerprint density at radius 1 is 1.24 bits per heavy atom. The van der Waals surface area contributed by atoms with Crippen LogP contribution in [0.5, 0.6) is 11.5 Å². The van der Waals surface area contributed by atoms with Crippen molar-refractivity contribution in [2.45, 2.75) is 39.3 Å². The minimum absolute atomic E-state index is 0.521. The second kappa shape index (κ2) is 7.12. The Bertz CT molecular complexity index is 338. The molecule has 0 aromatic carbocycles. The van der Waals surface area contributed by atoms with Crippen molar-refractivity contribution in [3.8, 4) is 11.5 Å². The summed E-state index contributed by atoms with van der Waals surface area (Å²) in [7, 11) is 3.27. The number of ether oxygens (including phenoxy) is 2. The summed E-state index contributed by atoms with van der Waals surface area (Å²) in [6.45, 7) is 5.06. The molecule has 0 bridgehead atoms. The molecule has 0 aliphatic heterocycles. The van der Waals surface area contributed by atoms with Crippen molar-refractivity contribution >= 4 is 0 Å². The summed E-state index contributed by atoms with van der Waals surface area (Å²) in [6.07, 6.45) is 3.97. The molecule has 0 amide bonds. The maximum absolute atomic E-state index is 5.34. The first-order chi connectivity index (χ1) is 8.26.